The van der Waals surface area contributed by atoms with Crippen molar-refractivity contribution < 1.29 is 19.4 Å². The van der Waals surface area contributed by atoms with Gasteiger partial charge in [0.1, 0.15) is 11.5 Å². The summed E-state index contributed by atoms with van der Waals surface area (Å²) >= 11 is 0. The van der Waals surface area contributed by atoms with Gasteiger partial charge in [-0.15, -0.1) is 0 Å². The zero-order chi connectivity index (χ0) is 14.5. The summed E-state index contributed by atoms with van der Waals surface area (Å²) in [6, 6.07) is 5.35. The van der Waals surface area contributed by atoms with Crippen LogP contribution < -0.4 is 9.47 Å². The Morgan fingerprint density at radius 1 is 1.40 bits per heavy atom. The molecule has 0 amide bonds. The molecule has 0 saturated carbocycles. The zero-order valence-electron chi connectivity index (χ0n) is 11.2. The predicted octanol–water partition coefficient (Wildman–Crippen LogP) is 2.26. The molecule has 0 aliphatic carbocycles. The minimum Gasteiger partial charge on any atom is -0.496 e. The van der Waals surface area contributed by atoms with Crippen molar-refractivity contribution in [3.63, 3.8) is 0 Å². The molecular formula is C13H15N3O4. The third-order valence-electron chi connectivity index (χ3n) is 2.75. The molecule has 20 heavy (non-hydrogen) atoms. The van der Waals surface area contributed by atoms with E-state index in [2.05, 4.69) is 15.4 Å². The number of nitrogens with one attached hydrogen (secondary N) is 1. The average Bonchev–Trinajstić information content (AvgIpc) is 2.89. The number of carboxylic acid groups (broad SMARTS) is 1. The van der Waals surface area contributed by atoms with E-state index >= 15 is 0 Å². The summed E-state index contributed by atoms with van der Waals surface area (Å²) in [6.45, 7) is 2.04. The smallest absolute Gasteiger partial charge is 0.359 e. The molecule has 1 aromatic carbocycles. The predicted molar refractivity (Wildman–Crippen MR) is 70.4 cm³/mol. The van der Waals surface area contributed by atoms with Crippen LogP contribution in [0.25, 0.3) is 0 Å². The van der Waals surface area contributed by atoms with Crippen LogP contribution in [0.15, 0.2) is 18.2 Å². The van der Waals surface area contributed by atoms with E-state index in [4.69, 9.17) is 14.6 Å². The van der Waals surface area contributed by atoms with Crippen LogP contribution in [0.2, 0.25) is 0 Å². The van der Waals surface area contributed by atoms with E-state index in [1.165, 1.54) is 0 Å². The lowest BCUT2D eigenvalue weighted by atomic mass is 10.1. The van der Waals surface area contributed by atoms with Crippen LogP contribution in [0.4, 0.5) is 0 Å². The van der Waals surface area contributed by atoms with Gasteiger partial charge in [0.15, 0.2) is 0 Å². The molecule has 0 aliphatic heterocycles. The van der Waals surface area contributed by atoms with Gasteiger partial charge in [-0.3, -0.25) is 0 Å². The third-order valence-corrected chi connectivity index (χ3v) is 2.75. The molecule has 2 rings (SSSR count). The van der Waals surface area contributed by atoms with E-state index in [9.17, 15) is 4.79 Å². The number of aromatic nitrogens is 3. The fourth-order valence-corrected chi connectivity index (χ4v) is 1.86. The Hall–Kier alpha value is -2.57. The van der Waals surface area contributed by atoms with Crippen molar-refractivity contribution in [2.75, 3.05) is 7.11 Å². The molecule has 0 saturated heterocycles. The minimum absolute atomic E-state index is 0.0666. The molecule has 0 aliphatic rings. The monoisotopic (exact) mass is 277 g/mol. The van der Waals surface area contributed by atoms with Crippen LogP contribution in [0.5, 0.6) is 17.4 Å². The Bertz CT molecular complexity index is 609. The van der Waals surface area contributed by atoms with Gasteiger partial charge in [0.05, 0.1) is 7.11 Å². The molecule has 1 heterocycles. The number of ether oxygens (including phenoxy) is 2. The average molecular weight is 277 g/mol. The second-order valence-electron chi connectivity index (χ2n) is 4.09. The standard InChI is InChI=1S/C13H15N3O4/c1-3-5-8-9(19-2)6-4-7-10(8)20-12-11(13(17)18)14-16-15-12/h4,6-7H,3,5H2,1-2H3,(H,17,18)(H,14,15,16). The minimum atomic E-state index is -1.18. The first kappa shape index (κ1) is 13.9. The molecule has 0 radical (unpaired) electrons. The van der Waals surface area contributed by atoms with Crippen LogP contribution in [0, 0.1) is 0 Å². The summed E-state index contributed by atoms with van der Waals surface area (Å²) in [7, 11) is 1.58. The molecule has 2 aromatic rings. The van der Waals surface area contributed by atoms with Crippen molar-refractivity contribution in [3.8, 4) is 17.4 Å². The molecule has 0 bridgehead atoms. The molecular weight excluding hydrogens is 262 g/mol. The summed E-state index contributed by atoms with van der Waals surface area (Å²) in [4.78, 5) is 11.0. The van der Waals surface area contributed by atoms with Gasteiger partial charge in [-0.2, -0.15) is 0 Å². The van der Waals surface area contributed by atoms with Gasteiger partial charge in [0, 0.05) is 5.56 Å². The van der Waals surface area contributed by atoms with Crippen molar-refractivity contribution >= 4 is 5.97 Å². The molecule has 7 nitrogen and oxygen atoms in total. The normalized spacial score (nSPS) is 10.3. The summed E-state index contributed by atoms with van der Waals surface area (Å²) in [6.07, 6.45) is 1.65. The van der Waals surface area contributed by atoms with Crippen LogP contribution >= 0.6 is 0 Å². The molecule has 7 heteroatoms. The Kier molecular flexibility index (Phi) is 4.19. The van der Waals surface area contributed by atoms with Gasteiger partial charge in [-0.25, -0.2) is 9.89 Å². The van der Waals surface area contributed by atoms with Crippen LogP contribution in [-0.4, -0.2) is 33.6 Å². The van der Waals surface area contributed by atoms with Crippen molar-refractivity contribution in [1.82, 2.24) is 15.4 Å². The van der Waals surface area contributed by atoms with Crippen LogP contribution in [0.3, 0.4) is 0 Å². The third kappa shape index (κ3) is 2.71. The number of hydrogen-bond acceptors (Lipinski definition) is 5. The first-order valence-electron chi connectivity index (χ1n) is 6.15. The lowest BCUT2D eigenvalue weighted by Gasteiger charge is -2.12. The zero-order valence-corrected chi connectivity index (χ0v) is 11.2. The van der Waals surface area contributed by atoms with E-state index in [0.717, 1.165) is 18.4 Å². The van der Waals surface area contributed by atoms with E-state index < -0.39 is 5.97 Å². The van der Waals surface area contributed by atoms with E-state index in [-0.39, 0.29) is 11.6 Å². The van der Waals surface area contributed by atoms with Gasteiger partial charge >= 0.3 is 5.97 Å². The lowest BCUT2D eigenvalue weighted by molar-refractivity contribution is 0.0687. The highest BCUT2D eigenvalue weighted by molar-refractivity contribution is 5.87. The topological polar surface area (TPSA) is 97.3 Å². The Morgan fingerprint density at radius 3 is 2.80 bits per heavy atom. The molecule has 1 aromatic heterocycles. The second kappa shape index (κ2) is 6.05. The number of nitrogens with zero attached hydrogens (tertiary/aromatic N) is 2. The lowest BCUT2D eigenvalue weighted by Crippen LogP contribution is -2.01. The summed E-state index contributed by atoms with van der Waals surface area (Å²) < 4.78 is 10.9. The number of methoxy groups -OCH3 is 1. The number of carbonyl (C=O) groups is 1. The van der Waals surface area contributed by atoms with Crippen molar-refractivity contribution in [3.05, 3.63) is 29.5 Å². The number of hydrogen-bond donors (Lipinski definition) is 2. The Labute approximate surface area is 115 Å². The highest BCUT2D eigenvalue weighted by atomic mass is 16.5. The molecule has 0 spiro atoms. The van der Waals surface area contributed by atoms with Crippen molar-refractivity contribution in [1.29, 1.82) is 0 Å². The number of aromatic amines is 1. The van der Waals surface area contributed by atoms with Crippen LogP contribution in [-0.2, 0) is 6.42 Å². The van der Waals surface area contributed by atoms with E-state index in [1.807, 2.05) is 13.0 Å². The number of aromatic carboxylic acids is 1. The van der Waals surface area contributed by atoms with Gasteiger partial charge in [-0.05, 0) is 18.6 Å². The number of H-pyrrole nitrogens is 1. The Morgan fingerprint density at radius 2 is 2.15 bits per heavy atom. The molecule has 0 atom stereocenters. The SMILES string of the molecule is CCCc1c(OC)cccc1Oc1nn[nH]c1C(=O)O. The first-order chi connectivity index (χ1) is 9.67. The largest absolute Gasteiger partial charge is 0.496 e. The number of carboxylic acids is 1. The maximum Gasteiger partial charge on any atom is 0.359 e. The highest BCUT2D eigenvalue weighted by Crippen LogP contribution is 2.32. The van der Waals surface area contributed by atoms with Gasteiger partial charge in [0.2, 0.25) is 5.69 Å². The van der Waals surface area contributed by atoms with Gasteiger partial charge < -0.3 is 14.6 Å². The summed E-state index contributed by atoms with van der Waals surface area (Å²) in [5.74, 6) is -0.0274. The fraction of sp³-hybridized carbons (Fsp3) is 0.308. The maximum atomic E-state index is 11.0. The van der Waals surface area contributed by atoms with Crippen LogP contribution in [0.1, 0.15) is 29.4 Å². The maximum absolute atomic E-state index is 11.0. The molecule has 0 fully saturated rings. The first-order valence-corrected chi connectivity index (χ1v) is 6.15. The van der Waals surface area contributed by atoms with E-state index in [1.54, 1.807) is 19.2 Å². The Balaban J connectivity index is 2.37. The number of rotatable bonds is 6. The van der Waals surface area contributed by atoms with Crippen molar-refractivity contribution in [2.45, 2.75) is 19.8 Å². The van der Waals surface area contributed by atoms with Gasteiger partial charge in [0.25, 0.3) is 5.88 Å². The quantitative estimate of drug-likeness (QED) is 0.840. The molecule has 106 valence electrons. The van der Waals surface area contributed by atoms with Crippen molar-refractivity contribution in [2.24, 2.45) is 0 Å². The second-order valence-corrected chi connectivity index (χ2v) is 4.09. The molecule has 0 unspecified atom stereocenters. The summed E-state index contributed by atoms with van der Waals surface area (Å²) in [5.41, 5.74) is 0.687. The fourth-order valence-electron chi connectivity index (χ4n) is 1.86. The van der Waals surface area contributed by atoms with E-state index in [0.29, 0.717) is 11.5 Å². The number of benzene rings is 1. The van der Waals surface area contributed by atoms with Gasteiger partial charge in [-0.1, -0.05) is 29.7 Å². The summed E-state index contributed by atoms with van der Waals surface area (Å²) in [5, 5.41) is 18.4. The highest BCUT2D eigenvalue weighted by Gasteiger charge is 2.18. The molecule has 2 N–H and O–H groups in total.